The molecule has 2 aromatic rings. The molecule has 1 aliphatic rings. The number of benzene rings is 1. The zero-order valence-electron chi connectivity index (χ0n) is 13.8. The van der Waals surface area contributed by atoms with Crippen LogP contribution in [0.3, 0.4) is 0 Å². The van der Waals surface area contributed by atoms with E-state index in [9.17, 15) is 29.2 Å². The van der Waals surface area contributed by atoms with E-state index in [4.69, 9.17) is 9.84 Å². The molecule has 0 saturated carbocycles. The summed E-state index contributed by atoms with van der Waals surface area (Å²) < 4.78 is 21.1. The number of aromatic nitrogens is 2. The second-order valence-corrected chi connectivity index (χ2v) is 6.04. The Morgan fingerprint density at radius 3 is 2.44 bits per heavy atom. The van der Waals surface area contributed by atoms with Gasteiger partial charge in [-0.15, -0.1) is 0 Å². The first-order valence-corrected chi connectivity index (χ1v) is 7.97. The molecule has 1 aliphatic heterocycles. The highest BCUT2D eigenvalue weighted by molar-refractivity contribution is 5.32. The number of rotatable bonds is 5. The van der Waals surface area contributed by atoms with Crippen LogP contribution in [0, 0.1) is 10.1 Å². The normalized spacial score (nSPS) is 24.9. The van der Waals surface area contributed by atoms with Gasteiger partial charge in [-0.25, -0.2) is 9.18 Å². The molecule has 1 aromatic carbocycles. The summed E-state index contributed by atoms with van der Waals surface area (Å²) >= 11 is 0. The summed E-state index contributed by atoms with van der Waals surface area (Å²) in [7, 11) is 0. The zero-order chi connectivity index (χ0) is 19.7. The van der Waals surface area contributed by atoms with Crippen LogP contribution in [0.15, 0.2) is 46.1 Å². The van der Waals surface area contributed by atoms with Crippen molar-refractivity contribution < 1.29 is 24.3 Å². The second-order valence-electron chi connectivity index (χ2n) is 6.04. The van der Waals surface area contributed by atoms with E-state index in [2.05, 4.69) is 0 Å². The maximum Gasteiger partial charge on any atom is 0.333 e. The Kier molecular flexibility index (Phi) is 5.17. The van der Waals surface area contributed by atoms with Crippen molar-refractivity contribution >= 4 is 5.69 Å². The van der Waals surface area contributed by atoms with Crippen molar-refractivity contribution in [3.05, 3.63) is 73.0 Å². The molecule has 0 unspecified atom stereocenters. The van der Waals surface area contributed by atoms with Gasteiger partial charge >= 0.3 is 5.69 Å². The van der Waals surface area contributed by atoms with Crippen LogP contribution in [-0.2, 0) is 11.3 Å². The molecule has 10 nitrogen and oxygen atoms in total. The third-order valence-electron chi connectivity index (χ3n) is 4.33. The highest BCUT2D eigenvalue weighted by Crippen LogP contribution is 2.30. The van der Waals surface area contributed by atoms with E-state index in [0.29, 0.717) is 5.56 Å². The Morgan fingerprint density at radius 2 is 1.89 bits per heavy atom. The number of alkyl halides is 1. The van der Waals surface area contributed by atoms with Crippen molar-refractivity contribution in [3.8, 4) is 0 Å². The molecule has 27 heavy (non-hydrogen) atoms. The highest BCUT2D eigenvalue weighted by atomic mass is 19.1. The summed E-state index contributed by atoms with van der Waals surface area (Å²) in [5.41, 5.74) is -1.21. The van der Waals surface area contributed by atoms with Crippen LogP contribution in [-0.4, -0.2) is 49.3 Å². The minimum absolute atomic E-state index is 0.139. The number of non-ortho nitro benzene ring substituents is 1. The standard InChI is InChI=1S/C16H16FN3O7/c17-13-14(23)11(8-21)27-15(13)18-6-5-12(22)19(16(18)24)7-9-1-3-10(4-2-9)20(25)26/h1-6,11,13-15,21,23H,7-8H2/t11-,13-,14-,15-/m1/s1. The molecular weight excluding hydrogens is 365 g/mol. The highest BCUT2D eigenvalue weighted by Gasteiger charge is 2.45. The number of nitro groups is 1. The average Bonchev–Trinajstić information content (AvgIpc) is 2.94. The van der Waals surface area contributed by atoms with Crippen molar-refractivity contribution in [1.82, 2.24) is 9.13 Å². The van der Waals surface area contributed by atoms with E-state index in [1.807, 2.05) is 0 Å². The van der Waals surface area contributed by atoms with Gasteiger partial charge < -0.3 is 14.9 Å². The van der Waals surface area contributed by atoms with E-state index < -0.39 is 47.4 Å². The number of nitrogens with zero attached hydrogens (tertiary/aromatic N) is 3. The van der Waals surface area contributed by atoms with Crippen molar-refractivity contribution in [3.63, 3.8) is 0 Å². The van der Waals surface area contributed by atoms with Crippen LogP contribution in [0.25, 0.3) is 0 Å². The van der Waals surface area contributed by atoms with Gasteiger partial charge in [0.05, 0.1) is 18.1 Å². The van der Waals surface area contributed by atoms with E-state index in [1.54, 1.807) is 0 Å². The van der Waals surface area contributed by atoms with Gasteiger partial charge in [0.15, 0.2) is 12.4 Å². The van der Waals surface area contributed by atoms with Gasteiger partial charge in [-0.1, -0.05) is 12.1 Å². The molecule has 3 rings (SSSR count). The first-order valence-electron chi connectivity index (χ1n) is 7.97. The van der Waals surface area contributed by atoms with E-state index in [1.165, 1.54) is 24.3 Å². The van der Waals surface area contributed by atoms with Gasteiger partial charge in [0.1, 0.15) is 12.2 Å². The third kappa shape index (κ3) is 3.52. The van der Waals surface area contributed by atoms with Gasteiger partial charge in [-0.3, -0.25) is 24.0 Å². The third-order valence-corrected chi connectivity index (χ3v) is 4.33. The summed E-state index contributed by atoms with van der Waals surface area (Å²) in [5.74, 6) is 0. The Labute approximate surface area is 150 Å². The molecule has 0 aliphatic carbocycles. The van der Waals surface area contributed by atoms with Crippen LogP contribution in [0.5, 0.6) is 0 Å². The molecule has 1 aromatic heterocycles. The first kappa shape index (κ1) is 18.9. The molecule has 11 heteroatoms. The molecule has 0 amide bonds. The lowest BCUT2D eigenvalue weighted by molar-refractivity contribution is -0.384. The lowest BCUT2D eigenvalue weighted by atomic mass is 10.1. The summed E-state index contributed by atoms with van der Waals surface area (Å²) in [6.45, 7) is -0.818. The summed E-state index contributed by atoms with van der Waals surface area (Å²) in [6.07, 6.45) is -5.20. The molecule has 2 heterocycles. The maximum atomic E-state index is 14.3. The Morgan fingerprint density at radius 1 is 1.22 bits per heavy atom. The number of hydrogen-bond donors (Lipinski definition) is 2. The number of ether oxygens (including phenoxy) is 1. The van der Waals surface area contributed by atoms with Crippen LogP contribution in [0.4, 0.5) is 10.1 Å². The Balaban J connectivity index is 1.94. The van der Waals surface area contributed by atoms with Crippen molar-refractivity contribution in [2.24, 2.45) is 0 Å². The summed E-state index contributed by atoms with van der Waals surface area (Å²) in [6, 6.07) is 6.32. The van der Waals surface area contributed by atoms with Crippen molar-refractivity contribution in [2.75, 3.05) is 6.61 Å². The minimum Gasteiger partial charge on any atom is -0.394 e. The molecule has 0 bridgehead atoms. The van der Waals surface area contributed by atoms with Gasteiger partial charge in [0.25, 0.3) is 11.2 Å². The van der Waals surface area contributed by atoms with Gasteiger partial charge in [-0.2, -0.15) is 0 Å². The number of aliphatic hydroxyl groups excluding tert-OH is 2. The fourth-order valence-corrected chi connectivity index (χ4v) is 2.85. The van der Waals surface area contributed by atoms with E-state index >= 15 is 0 Å². The maximum absolute atomic E-state index is 14.3. The Bertz CT molecular complexity index is 956. The number of nitro benzene ring substituents is 1. The predicted molar refractivity (Wildman–Crippen MR) is 89.1 cm³/mol. The van der Waals surface area contributed by atoms with Crippen molar-refractivity contribution in [1.29, 1.82) is 0 Å². The second kappa shape index (κ2) is 7.39. The molecule has 0 spiro atoms. The smallest absolute Gasteiger partial charge is 0.333 e. The molecular formula is C16H16FN3O7. The van der Waals surface area contributed by atoms with Crippen LogP contribution in [0.2, 0.25) is 0 Å². The van der Waals surface area contributed by atoms with Gasteiger partial charge in [0.2, 0.25) is 0 Å². The molecule has 1 saturated heterocycles. The SMILES string of the molecule is O=c1ccn([C@@H]2O[C@H](CO)[C@@H](O)[C@H]2F)c(=O)n1Cc1ccc([N+](=O)[O-])cc1. The van der Waals surface area contributed by atoms with E-state index in [0.717, 1.165) is 21.4 Å². The number of halogens is 1. The summed E-state index contributed by atoms with van der Waals surface area (Å²) in [4.78, 5) is 34.8. The molecule has 144 valence electrons. The number of hydrogen-bond acceptors (Lipinski definition) is 7. The molecule has 1 fully saturated rings. The van der Waals surface area contributed by atoms with E-state index in [-0.39, 0.29) is 12.2 Å². The summed E-state index contributed by atoms with van der Waals surface area (Å²) in [5, 5.41) is 29.5. The minimum atomic E-state index is -1.97. The van der Waals surface area contributed by atoms with Gasteiger partial charge in [0, 0.05) is 24.4 Å². The Hall–Kier alpha value is -2.89. The fraction of sp³-hybridized carbons (Fsp3) is 0.375. The first-order chi connectivity index (χ1) is 12.8. The average molecular weight is 381 g/mol. The van der Waals surface area contributed by atoms with Crippen LogP contribution >= 0.6 is 0 Å². The largest absolute Gasteiger partial charge is 0.394 e. The van der Waals surface area contributed by atoms with Crippen molar-refractivity contribution in [2.45, 2.75) is 31.2 Å². The predicted octanol–water partition coefficient (Wildman–Crippen LogP) is -0.445. The topological polar surface area (TPSA) is 137 Å². The molecule has 4 atom stereocenters. The monoisotopic (exact) mass is 381 g/mol. The molecule has 2 N–H and O–H groups in total. The zero-order valence-corrected chi connectivity index (χ0v) is 13.8. The van der Waals surface area contributed by atoms with Gasteiger partial charge in [-0.05, 0) is 5.56 Å². The fourth-order valence-electron chi connectivity index (χ4n) is 2.85. The quantitative estimate of drug-likeness (QED) is 0.529. The van der Waals surface area contributed by atoms with Crippen LogP contribution in [0.1, 0.15) is 11.8 Å². The lowest BCUT2D eigenvalue weighted by Gasteiger charge is -2.17. The number of aliphatic hydroxyl groups is 2. The molecule has 0 radical (unpaired) electrons. The van der Waals surface area contributed by atoms with Crippen LogP contribution < -0.4 is 11.2 Å². The lowest BCUT2D eigenvalue weighted by Crippen LogP contribution is -2.42.